The molecule has 0 radical (unpaired) electrons. The Morgan fingerprint density at radius 2 is 1.84 bits per heavy atom. The molecule has 1 atom stereocenters. The summed E-state index contributed by atoms with van der Waals surface area (Å²) in [6.07, 6.45) is 1.55. The summed E-state index contributed by atoms with van der Waals surface area (Å²) < 4.78 is 7.62. The predicted octanol–water partition coefficient (Wildman–Crippen LogP) is 3.84. The van der Waals surface area contributed by atoms with Gasteiger partial charge in [0.25, 0.3) is 5.56 Å². The summed E-state index contributed by atoms with van der Waals surface area (Å²) >= 11 is 7.38. The van der Waals surface area contributed by atoms with Crippen molar-refractivity contribution < 1.29 is 9.53 Å². The van der Waals surface area contributed by atoms with Crippen LogP contribution in [0.4, 0.5) is 0 Å². The average Bonchev–Trinajstić information content (AvgIpc) is 3.02. The van der Waals surface area contributed by atoms with Gasteiger partial charge in [-0.15, -0.1) is 0 Å². The zero-order valence-electron chi connectivity index (χ0n) is 17.3. The number of thiazole rings is 1. The van der Waals surface area contributed by atoms with Gasteiger partial charge in [-0.3, -0.25) is 9.36 Å². The number of benzene rings is 2. The highest BCUT2D eigenvalue weighted by Gasteiger charge is 2.33. The van der Waals surface area contributed by atoms with Crippen LogP contribution in [0, 0.1) is 0 Å². The van der Waals surface area contributed by atoms with Crippen LogP contribution in [0.25, 0.3) is 6.08 Å². The van der Waals surface area contributed by atoms with E-state index >= 15 is 0 Å². The van der Waals surface area contributed by atoms with Gasteiger partial charge in [0.05, 0.1) is 27.9 Å². The largest absolute Gasteiger partial charge is 0.459 e. The normalized spacial score (nSPS) is 16.3. The van der Waals surface area contributed by atoms with Crippen LogP contribution >= 0.6 is 22.9 Å². The molecule has 0 fully saturated rings. The SMILES string of the molecule is CC1=C(C(=O)OC(C)C)C(c2ccc(Cl)cc2)n2c(s/c(=C/c3ccccc3)c2=O)=N1. The van der Waals surface area contributed by atoms with E-state index in [-0.39, 0.29) is 11.7 Å². The van der Waals surface area contributed by atoms with Gasteiger partial charge in [0.2, 0.25) is 0 Å². The van der Waals surface area contributed by atoms with Crippen LogP contribution < -0.4 is 14.9 Å². The molecule has 1 aliphatic rings. The number of esters is 1. The van der Waals surface area contributed by atoms with Crippen LogP contribution in [-0.2, 0) is 9.53 Å². The summed E-state index contributed by atoms with van der Waals surface area (Å²) in [4.78, 5) is 31.6. The van der Waals surface area contributed by atoms with E-state index in [4.69, 9.17) is 16.3 Å². The maximum atomic E-state index is 13.4. The average molecular weight is 453 g/mol. The zero-order valence-corrected chi connectivity index (χ0v) is 18.9. The van der Waals surface area contributed by atoms with Crippen molar-refractivity contribution in [2.75, 3.05) is 0 Å². The quantitative estimate of drug-likeness (QED) is 0.565. The fraction of sp³-hybridized carbons (Fsp3) is 0.208. The minimum atomic E-state index is -0.641. The van der Waals surface area contributed by atoms with E-state index in [1.807, 2.05) is 48.5 Å². The molecule has 2 aromatic carbocycles. The fourth-order valence-corrected chi connectivity index (χ4v) is 4.69. The maximum absolute atomic E-state index is 13.4. The molecule has 2 heterocycles. The lowest BCUT2D eigenvalue weighted by atomic mass is 9.96. The van der Waals surface area contributed by atoms with Gasteiger partial charge in [-0.1, -0.05) is 65.4 Å². The van der Waals surface area contributed by atoms with Crippen molar-refractivity contribution in [3.05, 3.63) is 102 Å². The lowest BCUT2D eigenvalue weighted by Crippen LogP contribution is -2.40. The Kier molecular flexibility index (Phi) is 5.94. The van der Waals surface area contributed by atoms with Gasteiger partial charge in [0.15, 0.2) is 4.80 Å². The number of rotatable bonds is 4. The van der Waals surface area contributed by atoms with Crippen LogP contribution in [0.5, 0.6) is 0 Å². The molecule has 7 heteroatoms. The predicted molar refractivity (Wildman–Crippen MR) is 123 cm³/mol. The molecule has 0 spiro atoms. The first-order valence-electron chi connectivity index (χ1n) is 9.89. The molecule has 0 bridgehead atoms. The third-order valence-electron chi connectivity index (χ3n) is 4.87. The van der Waals surface area contributed by atoms with E-state index in [9.17, 15) is 9.59 Å². The van der Waals surface area contributed by atoms with E-state index in [1.165, 1.54) is 11.3 Å². The standard InChI is InChI=1S/C24H21ClN2O3S/c1-14(2)30-23(29)20-15(3)26-24-27(21(20)17-9-11-18(25)12-10-17)22(28)19(31-24)13-16-7-5-4-6-8-16/h4-14,21H,1-3H3/b19-13+. The monoisotopic (exact) mass is 452 g/mol. The second-order valence-corrected chi connectivity index (χ2v) is 8.94. The van der Waals surface area contributed by atoms with Crippen LogP contribution in [0.1, 0.15) is 37.9 Å². The Morgan fingerprint density at radius 1 is 1.16 bits per heavy atom. The first-order chi connectivity index (χ1) is 14.8. The van der Waals surface area contributed by atoms with Crippen molar-refractivity contribution >= 4 is 35.0 Å². The van der Waals surface area contributed by atoms with E-state index in [2.05, 4.69) is 4.99 Å². The number of carbonyl (C=O) groups excluding carboxylic acids is 1. The summed E-state index contributed by atoms with van der Waals surface area (Å²) in [5, 5.41) is 0.576. The Bertz CT molecular complexity index is 1340. The van der Waals surface area contributed by atoms with Crippen LogP contribution in [0.15, 0.2) is 75.7 Å². The summed E-state index contributed by atoms with van der Waals surface area (Å²) in [6, 6.07) is 16.1. The van der Waals surface area contributed by atoms with Gasteiger partial charge >= 0.3 is 5.97 Å². The summed E-state index contributed by atoms with van der Waals surface area (Å²) in [5.74, 6) is -0.478. The summed E-state index contributed by atoms with van der Waals surface area (Å²) in [7, 11) is 0. The summed E-state index contributed by atoms with van der Waals surface area (Å²) in [5.41, 5.74) is 2.38. The Hall–Kier alpha value is -2.96. The number of allylic oxidation sites excluding steroid dienone is 1. The Balaban J connectivity index is 1.95. The molecule has 0 aliphatic carbocycles. The molecule has 158 valence electrons. The lowest BCUT2D eigenvalue weighted by Gasteiger charge is -2.25. The van der Waals surface area contributed by atoms with Crippen molar-refractivity contribution in [1.29, 1.82) is 0 Å². The number of nitrogens with zero attached hydrogens (tertiary/aromatic N) is 2. The number of carbonyl (C=O) groups is 1. The highest BCUT2D eigenvalue weighted by molar-refractivity contribution is 7.07. The molecule has 31 heavy (non-hydrogen) atoms. The van der Waals surface area contributed by atoms with E-state index < -0.39 is 12.0 Å². The highest BCUT2D eigenvalue weighted by Crippen LogP contribution is 2.31. The van der Waals surface area contributed by atoms with Gasteiger partial charge in [0.1, 0.15) is 0 Å². The molecule has 0 N–H and O–H groups in total. The Morgan fingerprint density at radius 3 is 2.48 bits per heavy atom. The molecule has 5 nitrogen and oxygen atoms in total. The molecule has 4 rings (SSSR count). The minimum absolute atomic E-state index is 0.199. The first-order valence-corrected chi connectivity index (χ1v) is 11.1. The molecule has 0 amide bonds. The number of fused-ring (bicyclic) bond motifs is 1. The van der Waals surface area contributed by atoms with Crippen LogP contribution in [0.3, 0.4) is 0 Å². The number of aromatic nitrogens is 1. The second-order valence-electron chi connectivity index (χ2n) is 7.50. The van der Waals surface area contributed by atoms with Crippen molar-refractivity contribution in [3.8, 4) is 0 Å². The molecular formula is C24H21ClN2O3S. The summed E-state index contributed by atoms with van der Waals surface area (Å²) in [6.45, 7) is 5.36. The lowest BCUT2D eigenvalue weighted by molar-refractivity contribution is -0.143. The third kappa shape index (κ3) is 4.27. The zero-order chi connectivity index (χ0) is 22.1. The number of halogens is 1. The fourth-order valence-electron chi connectivity index (χ4n) is 3.52. The van der Waals surface area contributed by atoms with E-state index in [0.717, 1.165) is 11.1 Å². The molecule has 3 aromatic rings. The van der Waals surface area contributed by atoms with Crippen molar-refractivity contribution in [2.24, 2.45) is 4.99 Å². The smallest absolute Gasteiger partial charge is 0.338 e. The van der Waals surface area contributed by atoms with Gasteiger partial charge in [-0.2, -0.15) is 0 Å². The van der Waals surface area contributed by atoms with Gasteiger partial charge < -0.3 is 4.74 Å². The topological polar surface area (TPSA) is 60.7 Å². The van der Waals surface area contributed by atoms with Crippen molar-refractivity contribution in [1.82, 2.24) is 4.57 Å². The van der Waals surface area contributed by atoms with Crippen LogP contribution in [-0.4, -0.2) is 16.6 Å². The van der Waals surface area contributed by atoms with E-state index in [1.54, 1.807) is 37.5 Å². The van der Waals surface area contributed by atoms with Gasteiger partial charge in [-0.05, 0) is 50.1 Å². The van der Waals surface area contributed by atoms with Gasteiger partial charge in [0, 0.05) is 5.02 Å². The minimum Gasteiger partial charge on any atom is -0.459 e. The first kappa shape index (κ1) is 21.3. The molecule has 1 aromatic heterocycles. The number of hydrogen-bond acceptors (Lipinski definition) is 5. The molecule has 0 saturated carbocycles. The third-order valence-corrected chi connectivity index (χ3v) is 6.10. The molecule has 1 unspecified atom stereocenters. The van der Waals surface area contributed by atoms with Crippen molar-refractivity contribution in [3.63, 3.8) is 0 Å². The van der Waals surface area contributed by atoms with Crippen molar-refractivity contribution in [2.45, 2.75) is 32.9 Å². The highest BCUT2D eigenvalue weighted by atomic mass is 35.5. The Labute approximate surface area is 188 Å². The van der Waals surface area contributed by atoms with E-state index in [0.29, 0.717) is 25.6 Å². The molecular weight excluding hydrogens is 432 g/mol. The molecule has 0 saturated heterocycles. The number of ether oxygens (including phenoxy) is 1. The van der Waals surface area contributed by atoms with Gasteiger partial charge in [-0.25, -0.2) is 9.79 Å². The number of hydrogen-bond donors (Lipinski definition) is 0. The molecule has 1 aliphatic heterocycles. The maximum Gasteiger partial charge on any atom is 0.338 e. The second kappa shape index (κ2) is 8.65. The van der Waals surface area contributed by atoms with Crippen LogP contribution in [0.2, 0.25) is 5.02 Å².